The summed E-state index contributed by atoms with van der Waals surface area (Å²) in [4.78, 5) is 10.8. The number of carboxylic acid groups (broad SMARTS) is 1. The van der Waals surface area contributed by atoms with Crippen molar-refractivity contribution >= 4 is 31.9 Å². The van der Waals surface area contributed by atoms with Crippen molar-refractivity contribution in [3.05, 3.63) is 46.7 Å². The number of carboxylic acids is 1. The fourth-order valence-corrected chi connectivity index (χ4v) is 3.67. The van der Waals surface area contributed by atoms with Crippen LogP contribution in [0.3, 0.4) is 0 Å². The highest BCUT2D eigenvalue weighted by molar-refractivity contribution is 9.10. The third kappa shape index (κ3) is 4.61. The fourth-order valence-electron chi connectivity index (χ4n) is 1.87. The second-order valence-electron chi connectivity index (χ2n) is 4.68. The van der Waals surface area contributed by atoms with E-state index in [0.29, 0.717) is 4.47 Å². The minimum Gasteiger partial charge on any atom is -0.478 e. The Hall–Kier alpha value is -1.75. The Morgan fingerprint density at radius 2 is 2.17 bits per heavy atom. The summed E-state index contributed by atoms with van der Waals surface area (Å²) in [5, 5.41) is 22.9. The van der Waals surface area contributed by atoms with Crippen LogP contribution in [0.4, 0.5) is 0 Å². The summed E-state index contributed by atoms with van der Waals surface area (Å²) < 4.78 is 28.7. The molecule has 0 aliphatic heterocycles. The van der Waals surface area contributed by atoms with Crippen LogP contribution < -0.4 is 4.72 Å². The number of carbonyl (C=O) groups is 1. The number of aromatic nitrogens is 2. The number of hydrogen-bond donors (Lipinski definition) is 3. The minimum atomic E-state index is -4.08. The van der Waals surface area contributed by atoms with Crippen molar-refractivity contribution in [1.29, 1.82) is 0 Å². The molecule has 1 aromatic heterocycles. The predicted octanol–water partition coefficient (Wildman–Crippen LogP) is 0.683. The second-order valence-corrected chi connectivity index (χ2v) is 7.33. The van der Waals surface area contributed by atoms with Gasteiger partial charge in [-0.15, -0.1) is 0 Å². The molecule has 1 heterocycles. The van der Waals surface area contributed by atoms with Crippen LogP contribution in [-0.2, 0) is 16.6 Å². The number of halogens is 1. The van der Waals surface area contributed by atoms with Crippen LogP contribution in [0.2, 0.25) is 0 Å². The molecule has 0 saturated heterocycles. The van der Waals surface area contributed by atoms with Crippen LogP contribution in [0.15, 0.2) is 46.0 Å². The zero-order valence-electron chi connectivity index (χ0n) is 11.8. The molecule has 0 spiro atoms. The number of sulfonamides is 1. The van der Waals surface area contributed by atoms with E-state index in [4.69, 9.17) is 5.11 Å². The van der Waals surface area contributed by atoms with E-state index in [1.807, 2.05) is 0 Å². The van der Waals surface area contributed by atoms with Gasteiger partial charge in [0.1, 0.15) is 0 Å². The number of nitrogens with zero attached hydrogens (tertiary/aromatic N) is 2. The Bertz CT molecular complexity index is 792. The van der Waals surface area contributed by atoms with E-state index < -0.39 is 22.1 Å². The molecule has 0 bridgehead atoms. The smallest absolute Gasteiger partial charge is 0.337 e. The maximum Gasteiger partial charge on any atom is 0.337 e. The quantitative estimate of drug-likeness (QED) is 0.624. The van der Waals surface area contributed by atoms with Gasteiger partial charge in [-0.25, -0.2) is 17.9 Å². The van der Waals surface area contributed by atoms with Crippen molar-refractivity contribution in [2.45, 2.75) is 17.5 Å². The molecule has 2 aromatic rings. The minimum absolute atomic E-state index is 0.111. The van der Waals surface area contributed by atoms with E-state index in [2.05, 4.69) is 25.8 Å². The van der Waals surface area contributed by atoms with Crippen LogP contribution in [0, 0.1) is 0 Å². The number of benzene rings is 1. The van der Waals surface area contributed by atoms with Gasteiger partial charge in [0.2, 0.25) is 10.0 Å². The summed E-state index contributed by atoms with van der Waals surface area (Å²) in [7, 11) is -4.08. The molecule has 124 valence electrons. The summed E-state index contributed by atoms with van der Waals surface area (Å²) in [5.41, 5.74) is -0.345. The fraction of sp³-hybridized carbons (Fsp3) is 0.231. The number of aromatic carboxylic acids is 1. The first-order valence-electron chi connectivity index (χ1n) is 6.47. The van der Waals surface area contributed by atoms with Gasteiger partial charge in [-0.1, -0.05) is 15.9 Å². The molecule has 0 saturated carbocycles. The Kier molecular flexibility index (Phi) is 5.52. The molecule has 0 fully saturated rings. The number of rotatable bonds is 7. The molecule has 1 aromatic carbocycles. The van der Waals surface area contributed by atoms with E-state index in [0.717, 1.165) is 0 Å². The van der Waals surface area contributed by atoms with Gasteiger partial charge in [0, 0.05) is 23.4 Å². The van der Waals surface area contributed by atoms with Crippen molar-refractivity contribution in [2.24, 2.45) is 0 Å². The highest BCUT2D eigenvalue weighted by Crippen LogP contribution is 2.21. The zero-order valence-corrected chi connectivity index (χ0v) is 14.2. The van der Waals surface area contributed by atoms with Crippen molar-refractivity contribution < 1.29 is 23.4 Å². The van der Waals surface area contributed by atoms with Gasteiger partial charge >= 0.3 is 5.97 Å². The second kappa shape index (κ2) is 7.21. The Labute approximate surface area is 140 Å². The topological polar surface area (TPSA) is 122 Å². The number of hydrogen-bond acceptors (Lipinski definition) is 5. The SMILES string of the molecule is O=C(O)c1ccc(Br)cc1S(=O)(=O)NCC(O)Cn1cccn1. The van der Waals surface area contributed by atoms with E-state index >= 15 is 0 Å². The first kappa shape index (κ1) is 17.6. The standard InChI is InChI=1S/C13H14BrN3O5S/c14-9-2-3-11(13(19)20)12(6-9)23(21,22)16-7-10(18)8-17-5-1-4-15-17/h1-6,10,16,18H,7-8H2,(H,19,20). The third-order valence-corrected chi connectivity index (χ3v) is 4.89. The molecule has 1 atom stereocenters. The van der Waals surface area contributed by atoms with Crippen LogP contribution in [0.1, 0.15) is 10.4 Å². The molecule has 8 nitrogen and oxygen atoms in total. The summed E-state index contributed by atoms with van der Waals surface area (Å²) >= 11 is 3.11. The highest BCUT2D eigenvalue weighted by atomic mass is 79.9. The van der Waals surface area contributed by atoms with Crippen molar-refractivity contribution in [1.82, 2.24) is 14.5 Å². The molecular formula is C13H14BrN3O5S. The lowest BCUT2D eigenvalue weighted by molar-refractivity contribution is 0.0692. The molecule has 0 amide bonds. The van der Waals surface area contributed by atoms with Gasteiger partial charge < -0.3 is 10.2 Å². The zero-order chi connectivity index (χ0) is 17.0. The summed E-state index contributed by atoms with van der Waals surface area (Å²) in [5.74, 6) is -1.35. The van der Waals surface area contributed by atoms with Crippen LogP contribution in [-0.4, -0.2) is 47.0 Å². The summed E-state index contributed by atoms with van der Waals surface area (Å²) in [6, 6.07) is 5.51. The van der Waals surface area contributed by atoms with Crippen molar-refractivity contribution in [3.8, 4) is 0 Å². The molecule has 2 rings (SSSR count). The molecule has 0 aliphatic rings. The largest absolute Gasteiger partial charge is 0.478 e. The molecule has 3 N–H and O–H groups in total. The first-order chi connectivity index (χ1) is 10.8. The van der Waals surface area contributed by atoms with Gasteiger partial charge in [0.25, 0.3) is 0 Å². The Morgan fingerprint density at radius 1 is 1.43 bits per heavy atom. The average molecular weight is 404 g/mol. The lowest BCUT2D eigenvalue weighted by Crippen LogP contribution is -2.35. The molecule has 23 heavy (non-hydrogen) atoms. The molecule has 10 heteroatoms. The van der Waals surface area contributed by atoms with Gasteiger partial charge in [-0.2, -0.15) is 5.10 Å². The molecule has 0 radical (unpaired) electrons. The van der Waals surface area contributed by atoms with Crippen molar-refractivity contribution in [3.63, 3.8) is 0 Å². The van der Waals surface area contributed by atoms with E-state index in [1.165, 1.54) is 29.1 Å². The summed E-state index contributed by atoms with van der Waals surface area (Å²) in [6.45, 7) is -0.159. The molecule has 1 unspecified atom stereocenters. The van der Waals surface area contributed by atoms with Gasteiger partial charge in [-0.3, -0.25) is 4.68 Å². The number of aliphatic hydroxyl groups is 1. The number of nitrogens with one attached hydrogen (secondary N) is 1. The van der Waals surface area contributed by atoms with Crippen LogP contribution in [0.5, 0.6) is 0 Å². The average Bonchev–Trinajstić information content (AvgIpc) is 2.98. The first-order valence-corrected chi connectivity index (χ1v) is 8.75. The maximum absolute atomic E-state index is 12.3. The molecular weight excluding hydrogens is 390 g/mol. The van der Waals surface area contributed by atoms with Gasteiger partial charge in [-0.05, 0) is 24.3 Å². The lowest BCUT2D eigenvalue weighted by atomic mass is 10.2. The van der Waals surface area contributed by atoms with Crippen LogP contribution in [0.25, 0.3) is 0 Å². The Balaban J connectivity index is 2.13. The monoisotopic (exact) mass is 403 g/mol. The Morgan fingerprint density at radius 3 is 2.78 bits per heavy atom. The normalized spacial score (nSPS) is 13.0. The van der Waals surface area contributed by atoms with Gasteiger partial charge in [0.15, 0.2) is 0 Å². The van der Waals surface area contributed by atoms with Crippen LogP contribution >= 0.6 is 15.9 Å². The number of aliphatic hydroxyl groups excluding tert-OH is 1. The van der Waals surface area contributed by atoms with E-state index in [9.17, 15) is 18.3 Å². The van der Waals surface area contributed by atoms with E-state index in [-0.39, 0.29) is 23.5 Å². The summed E-state index contributed by atoms with van der Waals surface area (Å²) in [6.07, 6.45) is 2.16. The third-order valence-electron chi connectivity index (χ3n) is 2.93. The maximum atomic E-state index is 12.3. The lowest BCUT2D eigenvalue weighted by Gasteiger charge is -2.13. The van der Waals surface area contributed by atoms with Gasteiger partial charge in [0.05, 0.1) is 23.1 Å². The van der Waals surface area contributed by atoms with Crippen molar-refractivity contribution in [2.75, 3.05) is 6.54 Å². The molecule has 0 aliphatic carbocycles. The van der Waals surface area contributed by atoms with E-state index in [1.54, 1.807) is 12.3 Å². The highest BCUT2D eigenvalue weighted by Gasteiger charge is 2.23. The predicted molar refractivity (Wildman–Crippen MR) is 84.5 cm³/mol.